The first-order valence-electron chi connectivity index (χ1n) is 7.87. The highest BCUT2D eigenvalue weighted by Crippen LogP contribution is 2.54. The van der Waals surface area contributed by atoms with E-state index < -0.39 is 5.60 Å². The monoisotopic (exact) mass is 304 g/mol. The molecule has 0 radical (unpaired) electrons. The fraction of sp³-hybridized carbons (Fsp3) is 0.647. The number of carbonyl (C=O) groups is 1. The second kappa shape index (κ2) is 4.86. The Kier molecular flexibility index (Phi) is 3.34. The molecule has 1 aromatic rings. The molecule has 3 rings (SSSR count). The summed E-state index contributed by atoms with van der Waals surface area (Å²) in [5.41, 5.74) is 0.514. The molecule has 5 nitrogen and oxygen atoms in total. The predicted molar refractivity (Wildman–Crippen MR) is 83.9 cm³/mol. The van der Waals surface area contributed by atoms with E-state index in [-0.39, 0.29) is 23.1 Å². The maximum Gasteiger partial charge on any atom is 0.410 e. The molecule has 5 heteroatoms. The van der Waals surface area contributed by atoms with E-state index in [4.69, 9.17) is 4.74 Å². The van der Waals surface area contributed by atoms with Gasteiger partial charge in [-0.2, -0.15) is 0 Å². The quantitative estimate of drug-likeness (QED) is 0.801. The van der Waals surface area contributed by atoms with E-state index >= 15 is 0 Å². The van der Waals surface area contributed by atoms with Gasteiger partial charge in [0.15, 0.2) is 0 Å². The first kappa shape index (κ1) is 15.1. The highest BCUT2D eigenvalue weighted by atomic mass is 16.6. The van der Waals surface area contributed by atoms with Gasteiger partial charge in [-0.1, -0.05) is 0 Å². The number of rotatable bonds is 1. The topological polar surface area (TPSA) is 51.5 Å². The van der Waals surface area contributed by atoms with Crippen LogP contribution in [0, 0.1) is 0 Å². The number of aryl methyl sites for hydroxylation is 1. The van der Waals surface area contributed by atoms with Crippen LogP contribution in [0.3, 0.4) is 0 Å². The minimum Gasteiger partial charge on any atom is -0.444 e. The molecule has 1 spiro atoms. The van der Waals surface area contributed by atoms with E-state index in [1.54, 1.807) is 23.9 Å². The summed E-state index contributed by atoms with van der Waals surface area (Å²) in [5, 5.41) is 0. The lowest BCUT2D eigenvalue weighted by molar-refractivity contribution is 0.0202. The van der Waals surface area contributed by atoms with Crippen LogP contribution in [0.15, 0.2) is 23.1 Å². The van der Waals surface area contributed by atoms with E-state index in [1.807, 2.05) is 31.7 Å². The van der Waals surface area contributed by atoms with Crippen LogP contribution < -0.4 is 5.56 Å². The number of ether oxygens (including phenoxy) is 1. The SMILES string of the molecule is Cn1ccc([C@H]2CN(C(=O)OC(C)(C)C)C3(CC3)C2)cc1=O. The van der Waals surface area contributed by atoms with Gasteiger partial charge in [0.25, 0.3) is 5.56 Å². The van der Waals surface area contributed by atoms with E-state index in [1.165, 1.54) is 0 Å². The molecular formula is C17H24N2O3. The average Bonchev–Trinajstić information content (AvgIpc) is 3.04. The van der Waals surface area contributed by atoms with Gasteiger partial charge in [-0.15, -0.1) is 0 Å². The maximum atomic E-state index is 12.5. The molecule has 1 saturated heterocycles. The maximum absolute atomic E-state index is 12.5. The molecule has 2 aliphatic rings. The zero-order valence-corrected chi connectivity index (χ0v) is 13.8. The summed E-state index contributed by atoms with van der Waals surface area (Å²) in [6.07, 6.45) is 4.57. The molecule has 22 heavy (non-hydrogen) atoms. The van der Waals surface area contributed by atoms with E-state index in [2.05, 4.69) is 0 Å². The van der Waals surface area contributed by atoms with Crippen molar-refractivity contribution in [3.05, 3.63) is 34.2 Å². The lowest BCUT2D eigenvalue weighted by Gasteiger charge is -2.28. The first-order chi connectivity index (χ1) is 10.2. The fourth-order valence-corrected chi connectivity index (χ4v) is 3.29. The van der Waals surface area contributed by atoms with Crippen molar-refractivity contribution in [2.24, 2.45) is 7.05 Å². The highest BCUT2D eigenvalue weighted by molar-refractivity contribution is 5.70. The number of nitrogens with zero attached hydrogens (tertiary/aromatic N) is 2. The molecule has 120 valence electrons. The summed E-state index contributed by atoms with van der Waals surface area (Å²) >= 11 is 0. The third-order valence-electron chi connectivity index (χ3n) is 4.64. The van der Waals surface area contributed by atoms with Gasteiger partial charge < -0.3 is 14.2 Å². The van der Waals surface area contributed by atoms with Crippen LogP contribution >= 0.6 is 0 Å². The fourth-order valence-electron chi connectivity index (χ4n) is 3.29. The zero-order chi connectivity index (χ0) is 16.1. The summed E-state index contributed by atoms with van der Waals surface area (Å²) in [4.78, 5) is 26.2. The molecule has 1 aliphatic heterocycles. The number of hydrogen-bond donors (Lipinski definition) is 0. The van der Waals surface area contributed by atoms with Crippen molar-refractivity contribution < 1.29 is 9.53 Å². The van der Waals surface area contributed by atoms with Crippen molar-refractivity contribution in [1.82, 2.24) is 9.47 Å². The Morgan fingerprint density at radius 1 is 1.36 bits per heavy atom. The smallest absolute Gasteiger partial charge is 0.410 e. The lowest BCUT2D eigenvalue weighted by Crippen LogP contribution is -2.41. The number of likely N-dealkylation sites (tertiary alicyclic amines) is 1. The molecular weight excluding hydrogens is 280 g/mol. The van der Waals surface area contributed by atoms with Crippen LogP contribution in [-0.2, 0) is 11.8 Å². The Labute approximate surface area is 130 Å². The Balaban J connectivity index is 1.80. The summed E-state index contributed by atoms with van der Waals surface area (Å²) in [6.45, 7) is 6.30. The summed E-state index contributed by atoms with van der Waals surface area (Å²) in [6, 6.07) is 3.68. The molecule has 1 saturated carbocycles. The van der Waals surface area contributed by atoms with Crippen LogP contribution in [0.25, 0.3) is 0 Å². The van der Waals surface area contributed by atoms with Gasteiger partial charge in [-0.05, 0) is 51.7 Å². The molecule has 2 heterocycles. The van der Waals surface area contributed by atoms with E-state index in [0.717, 1.165) is 24.8 Å². The Hall–Kier alpha value is -1.78. The normalized spacial score (nSPS) is 22.9. The van der Waals surface area contributed by atoms with Crippen molar-refractivity contribution in [2.75, 3.05) is 6.54 Å². The van der Waals surface area contributed by atoms with E-state index in [9.17, 15) is 9.59 Å². The van der Waals surface area contributed by atoms with Crippen LogP contribution in [0.2, 0.25) is 0 Å². The third kappa shape index (κ3) is 2.76. The number of amides is 1. The summed E-state index contributed by atoms with van der Waals surface area (Å²) < 4.78 is 7.11. The molecule has 1 aromatic heterocycles. The highest BCUT2D eigenvalue weighted by Gasteiger charge is 2.57. The Morgan fingerprint density at radius 3 is 2.59 bits per heavy atom. The van der Waals surface area contributed by atoms with Gasteiger partial charge in [0.1, 0.15) is 5.60 Å². The number of hydrogen-bond acceptors (Lipinski definition) is 3. The minimum absolute atomic E-state index is 0.00179. The summed E-state index contributed by atoms with van der Waals surface area (Å²) in [5.74, 6) is 0.226. The van der Waals surface area contributed by atoms with Gasteiger partial charge in [-0.25, -0.2) is 4.79 Å². The molecule has 0 aromatic carbocycles. The Morgan fingerprint density at radius 2 is 2.05 bits per heavy atom. The third-order valence-corrected chi connectivity index (χ3v) is 4.64. The van der Waals surface area contributed by atoms with Crippen LogP contribution in [-0.4, -0.2) is 33.2 Å². The number of aromatic nitrogens is 1. The van der Waals surface area contributed by atoms with Gasteiger partial charge in [0.05, 0.1) is 0 Å². The van der Waals surface area contributed by atoms with Gasteiger partial charge in [0, 0.05) is 37.3 Å². The lowest BCUT2D eigenvalue weighted by atomic mass is 9.96. The predicted octanol–water partition coefficient (Wildman–Crippen LogP) is 2.64. The second-order valence-electron chi connectivity index (χ2n) is 7.63. The van der Waals surface area contributed by atoms with Gasteiger partial charge >= 0.3 is 6.09 Å². The van der Waals surface area contributed by atoms with Crippen LogP contribution in [0.1, 0.15) is 51.5 Å². The van der Waals surface area contributed by atoms with Crippen LogP contribution in [0.5, 0.6) is 0 Å². The van der Waals surface area contributed by atoms with Gasteiger partial charge in [-0.3, -0.25) is 4.79 Å². The molecule has 0 unspecified atom stereocenters. The van der Waals surface area contributed by atoms with Crippen molar-refractivity contribution in [3.63, 3.8) is 0 Å². The average molecular weight is 304 g/mol. The zero-order valence-electron chi connectivity index (χ0n) is 13.8. The molecule has 1 atom stereocenters. The molecule has 1 amide bonds. The molecule has 0 N–H and O–H groups in total. The minimum atomic E-state index is -0.478. The molecule has 1 aliphatic carbocycles. The molecule has 2 fully saturated rings. The second-order valence-corrected chi connectivity index (χ2v) is 7.63. The number of carbonyl (C=O) groups excluding carboxylic acids is 1. The van der Waals surface area contributed by atoms with Crippen molar-refractivity contribution in [3.8, 4) is 0 Å². The van der Waals surface area contributed by atoms with Crippen molar-refractivity contribution >= 4 is 6.09 Å². The number of pyridine rings is 1. The first-order valence-corrected chi connectivity index (χ1v) is 7.87. The largest absolute Gasteiger partial charge is 0.444 e. The van der Waals surface area contributed by atoms with Crippen molar-refractivity contribution in [1.29, 1.82) is 0 Å². The molecule has 0 bridgehead atoms. The van der Waals surface area contributed by atoms with Gasteiger partial charge in [0.2, 0.25) is 0 Å². The van der Waals surface area contributed by atoms with E-state index in [0.29, 0.717) is 6.54 Å². The van der Waals surface area contributed by atoms with Crippen LogP contribution in [0.4, 0.5) is 4.79 Å². The Bertz CT molecular complexity index is 653. The van der Waals surface area contributed by atoms with Crippen molar-refractivity contribution in [2.45, 2.75) is 57.1 Å². The standard InChI is InChI=1S/C17H24N2O3/c1-16(2,3)22-15(21)19-11-13(10-17(19)6-7-17)12-5-8-18(4)14(20)9-12/h5,8-9,13H,6-7,10-11H2,1-4H3/t13-/m1/s1. The summed E-state index contributed by atoms with van der Waals surface area (Å²) in [7, 11) is 1.75.